The van der Waals surface area contributed by atoms with Crippen molar-refractivity contribution in [1.82, 2.24) is 5.16 Å². The van der Waals surface area contributed by atoms with Crippen molar-refractivity contribution in [1.29, 1.82) is 0 Å². The molecule has 0 spiro atoms. The van der Waals surface area contributed by atoms with Crippen LogP contribution in [-0.4, -0.2) is 5.16 Å². The van der Waals surface area contributed by atoms with Crippen molar-refractivity contribution in [2.75, 3.05) is 5.73 Å². The number of furan rings is 1. The number of hydrogen-bond donors (Lipinski definition) is 1. The zero-order valence-corrected chi connectivity index (χ0v) is 12.5. The molecule has 20 heavy (non-hydrogen) atoms. The maximum atomic E-state index is 5.91. The van der Waals surface area contributed by atoms with Crippen LogP contribution >= 0.6 is 15.9 Å². The molecule has 0 amide bonds. The first-order chi connectivity index (χ1) is 9.69. The highest BCUT2D eigenvalue weighted by Crippen LogP contribution is 2.37. The van der Waals surface area contributed by atoms with E-state index in [1.807, 2.05) is 43.3 Å². The van der Waals surface area contributed by atoms with Crippen LogP contribution in [0.4, 0.5) is 5.88 Å². The Kier molecular flexibility index (Phi) is 3.36. The summed E-state index contributed by atoms with van der Waals surface area (Å²) in [6.45, 7) is 2.04. The lowest BCUT2D eigenvalue weighted by molar-refractivity contribution is 0.434. The normalized spacial score (nSPS) is 10.9. The average molecular weight is 333 g/mol. The number of nitrogens with two attached hydrogens (primary N) is 1. The van der Waals surface area contributed by atoms with Crippen molar-refractivity contribution in [3.8, 4) is 22.6 Å². The third kappa shape index (κ3) is 2.25. The molecule has 0 unspecified atom stereocenters. The third-order valence-corrected chi connectivity index (χ3v) is 3.57. The second-order valence-corrected chi connectivity index (χ2v) is 5.32. The number of nitrogens with zero attached hydrogens (tertiary/aromatic N) is 1. The number of hydrogen-bond acceptors (Lipinski definition) is 4. The Hall–Kier alpha value is -2.01. The zero-order chi connectivity index (χ0) is 14.1. The molecule has 2 N–H and O–H groups in total. The summed E-state index contributed by atoms with van der Waals surface area (Å²) >= 11 is 3.45. The number of rotatable bonds is 3. The van der Waals surface area contributed by atoms with Gasteiger partial charge in [-0.25, -0.2) is 0 Å². The largest absolute Gasteiger partial charge is 0.459 e. The van der Waals surface area contributed by atoms with E-state index in [1.54, 1.807) is 0 Å². The predicted molar refractivity (Wildman–Crippen MR) is 81.1 cm³/mol. The van der Waals surface area contributed by atoms with Gasteiger partial charge in [-0.3, -0.25) is 0 Å². The molecule has 0 aliphatic rings. The average Bonchev–Trinajstić information content (AvgIpc) is 3.04. The SMILES string of the molecule is CCc1ccc(-c2noc(N)c2-c2cccc(Br)c2)o1. The van der Waals surface area contributed by atoms with Crippen molar-refractivity contribution < 1.29 is 8.94 Å². The Bertz CT molecular complexity index is 746. The maximum Gasteiger partial charge on any atom is 0.230 e. The van der Waals surface area contributed by atoms with Crippen LogP contribution in [0.3, 0.4) is 0 Å². The molecule has 0 atom stereocenters. The van der Waals surface area contributed by atoms with E-state index in [9.17, 15) is 0 Å². The molecule has 0 bridgehead atoms. The van der Waals surface area contributed by atoms with Gasteiger partial charge in [0.1, 0.15) is 5.76 Å². The number of benzene rings is 1. The van der Waals surface area contributed by atoms with Gasteiger partial charge < -0.3 is 14.7 Å². The van der Waals surface area contributed by atoms with E-state index in [1.165, 1.54) is 0 Å². The highest BCUT2D eigenvalue weighted by atomic mass is 79.9. The molecule has 102 valence electrons. The van der Waals surface area contributed by atoms with E-state index in [-0.39, 0.29) is 5.88 Å². The zero-order valence-electron chi connectivity index (χ0n) is 10.9. The summed E-state index contributed by atoms with van der Waals surface area (Å²) in [5.74, 6) is 1.85. The molecule has 0 saturated carbocycles. The lowest BCUT2D eigenvalue weighted by Crippen LogP contribution is -1.87. The molecule has 1 aromatic carbocycles. The van der Waals surface area contributed by atoms with Gasteiger partial charge in [-0.15, -0.1) is 0 Å². The number of nitrogen functional groups attached to an aromatic ring is 1. The number of aromatic nitrogens is 1. The van der Waals surface area contributed by atoms with Crippen LogP contribution in [0.25, 0.3) is 22.6 Å². The van der Waals surface area contributed by atoms with Crippen LogP contribution in [0.1, 0.15) is 12.7 Å². The fraction of sp³-hybridized carbons (Fsp3) is 0.133. The van der Waals surface area contributed by atoms with E-state index >= 15 is 0 Å². The smallest absolute Gasteiger partial charge is 0.230 e. The van der Waals surface area contributed by atoms with Gasteiger partial charge in [0.15, 0.2) is 11.5 Å². The maximum absolute atomic E-state index is 5.91. The van der Waals surface area contributed by atoms with Crippen molar-refractivity contribution in [3.05, 3.63) is 46.6 Å². The number of halogens is 1. The lowest BCUT2D eigenvalue weighted by Gasteiger charge is -2.01. The summed E-state index contributed by atoms with van der Waals surface area (Å²) in [6, 6.07) is 11.6. The van der Waals surface area contributed by atoms with Crippen LogP contribution < -0.4 is 5.73 Å². The minimum Gasteiger partial charge on any atom is -0.459 e. The van der Waals surface area contributed by atoms with Crippen LogP contribution in [0, 0.1) is 0 Å². The Labute approximate surface area is 124 Å². The summed E-state index contributed by atoms with van der Waals surface area (Å²) in [5, 5.41) is 4.03. The first-order valence-electron chi connectivity index (χ1n) is 6.29. The number of aryl methyl sites for hydroxylation is 1. The minimum absolute atomic E-state index is 0.285. The van der Waals surface area contributed by atoms with Crippen LogP contribution in [0.5, 0.6) is 0 Å². The molecule has 3 rings (SSSR count). The second-order valence-electron chi connectivity index (χ2n) is 4.40. The van der Waals surface area contributed by atoms with Gasteiger partial charge in [-0.2, -0.15) is 0 Å². The molecule has 0 fully saturated rings. The van der Waals surface area contributed by atoms with E-state index in [0.717, 1.165) is 27.8 Å². The van der Waals surface area contributed by atoms with Gasteiger partial charge >= 0.3 is 0 Å². The molecule has 0 aliphatic carbocycles. The highest BCUT2D eigenvalue weighted by molar-refractivity contribution is 9.10. The van der Waals surface area contributed by atoms with Crippen molar-refractivity contribution in [2.45, 2.75) is 13.3 Å². The van der Waals surface area contributed by atoms with E-state index in [0.29, 0.717) is 11.5 Å². The Morgan fingerprint density at radius 1 is 1.25 bits per heavy atom. The molecule has 0 saturated heterocycles. The fourth-order valence-electron chi connectivity index (χ4n) is 2.09. The predicted octanol–water partition coefficient (Wildman–Crippen LogP) is 4.51. The minimum atomic E-state index is 0.285. The fourth-order valence-corrected chi connectivity index (χ4v) is 2.49. The van der Waals surface area contributed by atoms with E-state index in [4.69, 9.17) is 14.7 Å². The molecule has 0 aliphatic heterocycles. The second kappa shape index (κ2) is 5.17. The molecule has 3 aromatic rings. The topological polar surface area (TPSA) is 65.2 Å². The molecule has 4 nitrogen and oxygen atoms in total. The quantitative estimate of drug-likeness (QED) is 0.766. The van der Waals surface area contributed by atoms with Crippen molar-refractivity contribution in [3.63, 3.8) is 0 Å². The van der Waals surface area contributed by atoms with Gasteiger partial charge in [-0.1, -0.05) is 40.1 Å². The summed E-state index contributed by atoms with van der Waals surface area (Å²) in [6.07, 6.45) is 0.833. The molecule has 2 aromatic heterocycles. The van der Waals surface area contributed by atoms with Crippen LogP contribution in [-0.2, 0) is 6.42 Å². The van der Waals surface area contributed by atoms with E-state index in [2.05, 4.69) is 21.1 Å². The standard InChI is InChI=1S/C15H13BrN2O2/c1-2-11-6-7-12(19-11)14-13(15(17)20-18-14)9-4-3-5-10(16)8-9/h3-8H,2,17H2,1H3. The van der Waals surface area contributed by atoms with Gasteiger partial charge in [0.25, 0.3) is 0 Å². The summed E-state index contributed by atoms with van der Waals surface area (Å²) in [5.41, 5.74) is 8.23. The first kappa shape index (κ1) is 13.0. The van der Waals surface area contributed by atoms with Crippen molar-refractivity contribution in [2.24, 2.45) is 0 Å². The monoisotopic (exact) mass is 332 g/mol. The van der Waals surface area contributed by atoms with Crippen LogP contribution in [0.2, 0.25) is 0 Å². The summed E-state index contributed by atoms with van der Waals surface area (Å²) in [7, 11) is 0. The van der Waals surface area contributed by atoms with E-state index < -0.39 is 0 Å². The van der Waals surface area contributed by atoms with Gasteiger partial charge in [0, 0.05) is 10.9 Å². The third-order valence-electron chi connectivity index (χ3n) is 3.08. The van der Waals surface area contributed by atoms with Gasteiger partial charge in [0.2, 0.25) is 5.88 Å². The molecule has 2 heterocycles. The Morgan fingerprint density at radius 3 is 2.80 bits per heavy atom. The highest BCUT2D eigenvalue weighted by Gasteiger charge is 2.20. The van der Waals surface area contributed by atoms with Gasteiger partial charge in [-0.05, 0) is 29.8 Å². The summed E-state index contributed by atoms with van der Waals surface area (Å²) < 4.78 is 11.8. The number of anilines is 1. The summed E-state index contributed by atoms with van der Waals surface area (Å²) in [4.78, 5) is 0. The first-order valence-corrected chi connectivity index (χ1v) is 7.08. The van der Waals surface area contributed by atoms with Gasteiger partial charge in [0.05, 0.1) is 5.56 Å². The molecular weight excluding hydrogens is 320 g/mol. The molecular formula is C15H13BrN2O2. The molecule has 0 radical (unpaired) electrons. The Morgan fingerprint density at radius 2 is 2.10 bits per heavy atom. The molecule has 5 heteroatoms. The van der Waals surface area contributed by atoms with Crippen LogP contribution in [0.15, 0.2) is 49.8 Å². The Balaban J connectivity index is 2.14. The van der Waals surface area contributed by atoms with Crippen molar-refractivity contribution >= 4 is 21.8 Å². The lowest BCUT2D eigenvalue weighted by atomic mass is 10.0.